The largest absolute Gasteiger partial charge is 0.474 e. The molecule has 0 atom stereocenters. The lowest BCUT2D eigenvalue weighted by molar-refractivity contribution is 0.0944. The van der Waals surface area contributed by atoms with E-state index in [1.54, 1.807) is 6.33 Å². The SMILES string of the molecule is c1ccc(CN2CCC(Oc3ncnc4c3ccn4Cc3ccccc3)CC2)cc1. The van der Waals surface area contributed by atoms with Gasteiger partial charge in [-0.1, -0.05) is 60.7 Å². The van der Waals surface area contributed by atoms with Gasteiger partial charge in [0.05, 0.1) is 5.39 Å². The van der Waals surface area contributed by atoms with Gasteiger partial charge in [0.1, 0.15) is 18.1 Å². The molecule has 3 heterocycles. The molecular formula is C25H26N4O. The molecule has 2 aromatic carbocycles. The van der Waals surface area contributed by atoms with E-state index < -0.39 is 0 Å². The molecule has 30 heavy (non-hydrogen) atoms. The van der Waals surface area contributed by atoms with Crippen LogP contribution in [0.25, 0.3) is 11.0 Å². The molecule has 5 heteroatoms. The molecule has 1 aliphatic heterocycles. The van der Waals surface area contributed by atoms with Gasteiger partial charge in [0.25, 0.3) is 0 Å². The fourth-order valence-electron chi connectivity index (χ4n) is 4.17. The van der Waals surface area contributed by atoms with Gasteiger partial charge in [-0.05, 0) is 30.0 Å². The molecule has 0 radical (unpaired) electrons. The molecule has 4 aromatic rings. The molecule has 0 N–H and O–H groups in total. The van der Waals surface area contributed by atoms with E-state index in [1.807, 2.05) is 6.07 Å². The van der Waals surface area contributed by atoms with E-state index >= 15 is 0 Å². The summed E-state index contributed by atoms with van der Waals surface area (Å²) in [6, 6.07) is 23.2. The number of ether oxygens (including phenoxy) is 1. The second-order valence-corrected chi connectivity index (χ2v) is 7.92. The molecule has 0 amide bonds. The van der Waals surface area contributed by atoms with Gasteiger partial charge in [-0.15, -0.1) is 0 Å². The third kappa shape index (κ3) is 4.21. The van der Waals surface area contributed by atoms with Gasteiger partial charge in [0, 0.05) is 32.4 Å². The number of rotatable bonds is 6. The number of hydrogen-bond donors (Lipinski definition) is 0. The summed E-state index contributed by atoms with van der Waals surface area (Å²) in [6.07, 6.45) is 5.92. The Kier molecular flexibility index (Phi) is 5.44. The maximum Gasteiger partial charge on any atom is 0.226 e. The molecular weight excluding hydrogens is 372 g/mol. The number of fused-ring (bicyclic) bond motifs is 1. The van der Waals surface area contributed by atoms with E-state index in [0.29, 0.717) is 5.88 Å². The van der Waals surface area contributed by atoms with Crippen LogP contribution in [0.5, 0.6) is 5.88 Å². The van der Waals surface area contributed by atoms with Gasteiger partial charge in [-0.3, -0.25) is 4.90 Å². The first kappa shape index (κ1) is 18.8. The Hall–Kier alpha value is -3.18. The minimum Gasteiger partial charge on any atom is -0.474 e. The van der Waals surface area contributed by atoms with Crippen molar-refractivity contribution in [3.8, 4) is 5.88 Å². The Morgan fingerprint density at radius 2 is 1.47 bits per heavy atom. The summed E-state index contributed by atoms with van der Waals surface area (Å²) in [5.74, 6) is 0.702. The third-order valence-electron chi connectivity index (χ3n) is 5.78. The Morgan fingerprint density at radius 3 is 2.17 bits per heavy atom. The van der Waals surface area contributed by atoms with Crippen LogP contribution < -0.4 is 4.74 Å². The van der Waals surface area contributed by atoms with Crippen molar-refractivity contribution >= 4 is 11.0 Å². The van der Waals surface area contributed by atoms with Crippen LogP contribution in [0.4, 0.5) is 0 Å². The second-order valence-electron chi connectivity index (χ2n) is 7.92. The van der Waals surface area contributed by atoms with Crippen molar-refractivity contribution in [1.82, 2.24) is 19.4 Å². The Morgan fingerprint density at radius 1 is 0.800 bits per heavy atom. The monoisotopic (exact) mass is 398 g/mol. The number of nitrogens with zero attached hydrogens (tertiary/aromatic N) is 4. The van der Waals surface area contributed by atoms with E-state index in [0.717, 1.165) is 50.1 Å². The van der Waals surface area contributed by atoms with Crippen LogP contribution in [0.3, 0.4) is 0 Å². The highest BCUT2D eigenvalue weighted by atomic mass is 16.5. The highest BCUT2D eigenvalue weighted by molar-refractivity contribution is 5.81. The molecule has 1 saturated heterocycles. The molecule has 0 bridgehead atoms. The predicted molar refractivity (Wildman–Crippen MR) is 118 cm³/mol. The lowest BCUT2D eigenvalue weighted by atomic mass is 10.1. The van der Waals surface area contributed by atoms with Crippen LogP contribution in [0, 0.1) is 0 Å². The summed E-state index contributed by atoms with van der Waals surface area (Å²) in [5.41, 5.74) is 3.54. The zero-order chi connectivity index (χ0) is 20.2. The fourth-order valence-corrected chi connectivity index (χ4v) is 4.17. The van der Waals surface area contributed by atoms with E-state index in [-0.39, 0.29) is 6.10 Å². The van der Waals surface area contributed by atoms with Gasteiger partial charge in [0.15, 0.2) is 0 Å². The molecule has 0 spiro atoms. The highest BCUT2D eigenvalue weighted by Crippen LogP contribution is 2.26. The Labute approximate surface area is 177 Å². The molecule has 2 aromatic heterocycles. The van der Waals surface area contributed by atoms with Crippen LogP contribution >= 0.6 is 0 Å². The molecule has 152 valence electrons. The van der Waals surface area contributed by atoms with Gasteiger partial charge < -0.3 is 9.30 Å². The number of benzene rings is 2. The number of hydrogen-bond acceptors (Lipinski definition) is 4. The standard InChI is InChI=1S/C25H26N4O/c1-3-7-20(8-4-1)17-28-14-11-22(12-15-28)30-25-23-13-16-29(24(23)26-19-27-25)18-21-9-5-2-6-10-21/h1-10,13,16,19,22H,11-12,14-15,17-18H2. The first-order valence-electron chi connectivity index (χ1n) is 10.6. The summed E-state index contributed by atoms with van der Waals surface area (Å²) in [5, 5.41) is 0.986. The third-order valence-corrected chi connectivity index (χ3v) is 5.78. The summed E-state index contributed by atoms with van der Waals surface area (Å²) in [4.78, 5) is 11.5. The van der Waals surface area contributed by atoms with E-state index in [9.17, 15) is 0 Å². The fraction of sp³-hybridized carbons (Fsp3) is 0.280. The van der Waals surface area contributed by atoms with Gasteiger partial charge in [-0.25, -0.2) is 9.97 Å². The minimum absolute atomic E-state index is 0.201. The van der Waals surface area contributed by atoms with Crippen LogP contribution in [0.1, 0.15) is 24.0 Å². The molecule has 5 rings (SSSR count). The number of likely N-dealkylation sites (tertiary alicyclic amines) is 1. The van der Waals surface area contributed by atoms with E-state index in [4.69, 9.17) is 4.74 Å². The van der Waals surface area contributed by atoms with Crippen molar-refractivity contribution in [2.24, 2.45) is 0 Å². The summed E-state index contributed by atoms with van der Waals surface area (Å²) >= 11 is 0. The van der Waals surface area contributed by atoms with Crippen molar-refractivity contribution in [1.29, 1.82) is 0 Å². The lowest BCUT2D eigenvalue weighted by Crippen LogP contribution is -2.37. The summed E-state index contributed by atoms with van der Waals surface area (Å²) < 4.78 is 8.49. The van der Waals surface area contributed by atoms with Crippen molar-refractivity contribution in [3.63, 3.8) is 0 Å². The molecule has 0 saturated carbocycles. The van der Waals surface area contributed by atoms with Gasteiger partial charge in [-0.2, -0.15) is 0 Å². The zero-order valence-electron chi connectivity index (χ0n) is 17.0. The van der Waals surface area contributed by atoms with Crippen LogP contribution in [0.15, 0.2) is 79.3 Å². The maximum absolute atomic E-state index is 6.34. The molecule has 0 unspecified atom stereocenters. The maximum atomic E-state index is 6.34. The van der Waals surface area contributed by atoms with Gasteiger partial charge in [0.2, 0.25) is 5.88 Å². The summed E-state index contributed by atoms with van der Waals surface area (Å²) in [6.45, 7) is 3.89. The average Bonchev–Trinajstić information content (AvgIpc) is 3.20. The van der Waals surface area contributed by atoms with Crippen molar-refractivity contribution in [2.45, 2.75) is 32.0 Å². The quantitative estimate of drug-likeness (QED) is 0.479. The first-order valence-corrected chi connectivity index (χ1v) is 10.6. The molecule has 1 fully saturated rings. The van der Waals surface area contributed by atoms with E-state index in [2.05, 4.69) is 86.3 Å². The number of piperidine rings is 1. The molecule has 1 aliphatic rings. The predicted octanol–water partition coefficient (Wildman–Crippen LogP) is 4.52. The Bertz CT molecular complexity index is 1090. The minimum atomic E-state index is 0.201. The van der Waals surface area contributed by atoms with E-state index in [1.165, 1.54) is 11.1 Å². The Balaban J connectivity index is 1.24. The smallest absolute Gasteiger partial charge is 0.226 e. The number of aromatic nitrogens is 3. The van der Waals surface area contributed by atoms with Gasteiger partial charge >= 0.3 is 0 Å². The van der Waals surface area contributed by atoms with Crippen molar-refractivity contribution < 1.29 is 4.74 Å². The topological polar surface area (TPSA) is 43.2 Å². The van der Waals surface area contributed by atoms with Crippen LogP contribution in [0.2, 0.25) is 0 Å². The lowest BCUT2D eigenvalue weighted by Gasteiger charge is -2.32. The second kappa shape index (κ2) is 8.67. The van der Waals surface area contributed by atoms with Crippen molar-refractivity contribution in [3.05, 3.63) is 90.4 Å². The molecule has 5 nitrogen and oxygen atoms in total. The summed E-state index contributed by atoms with van der Waals surface area (Å²) in [7, 11) is 0. The van der Waals surface area contributed by atoms with Crippen LogP contribution in [-0.2, 0) is 13.1 Å². The molecule has 0 aliphatic carbocycles. The first-order chi connectivity index (χ1) is 14.8. The zero-order valence-corrected chi connectivity index (χ0v) is 17.0. The van der Waals surface area contributed by atoms with Crippen molar-refractivity contribution in [2.75, 3.05) is 13.1 Å². The average molecular weight is 399 g/mol. The highest BCUT2D eigenvalue weighted by Gasteiger charge is 2.22. The normalized spacial score (nSPS) is 15.5. The van der Waals surface area contributed by atoms with Crippen LogP contribution in [-0.4, -0.2) is 38.6 Å².